The summed E-state index contributed by atoms with van der Waals surface area (Å²) >= 11 is 0. The number of hydrogen-bond acceptors (Lipinski definition) is 4. The molecule has 0 aromatic heterocycles. The molecular weight excluding hydrogens is 320 g/mol. The molecular formula is C19H20N2O4. The minimum Gasteiger partial charge on any atom is -0.497 e. The maximum Gasteiger partial charge on any atom is 0.325 e. The Morgan fingerprint density at radius 3 is 2.28 bits per heavy atom. The molecule has 3 amide bonds. The Morgan fingerprint density at radius 1 is 1.00 bits per heavy atom. The van der Waals surface area contributed by atoms with Crippen LogP contribution >= 0.6 is 0 Å². The van der Waals surface area contributed by atoms with Crippen molar-refractivity contribution >= 4 is 11.9 Å². The molecule has 0 radical (unpaired) electrons. The zero-order valence-electron chi connectivity index (χ0n) is 14.2. The third-order valence-electron chi connectivity index (χ3n) is 4.27. The van der Waals surface area contributed by atoms with Crippen LogP contribution in [0.1, 0.15) is 12.5 Å². The third kappa shape index (κ3) is 3.28. The van der Waals surface area contributed by atoms with E-state index in [-0.39, 0.29) is 19.1 Å². The lowest BCUT2D eigenvalue weighted by molar-refractivity contribution is -0.131. The monoisotopic (exact) mass is 340 g/mol. The Kier molecular flexibility index (Phi) is 4.61. The van der Waals surface area contributed by atoms with Gasteiger partial charge in [0.2, 0.25) is 0 Å². The topological polar surface area (TPSA) is 67.9 Å². The van der Waals surface area contributed by atoms with Crippen LogP contribution in [0.3, 0.4) is 0 Å². The summed E-state index contributed by atoms with van der Waals surface area (Å²) in [5, 5.41) is 2.78. The Hall–Kier alpha value is -3.02. The van der Waals surface area contributed by atoms with Gasteiger partial charge in [0.15, 0.2) is 0 Å². The van der Waals surface area contributed by atoms with Crippen LogP contribution in [0.15, 0.2) is 54.6 Å². The molecule has 0 saturated carbocycles. The van der Waals surface area contributed by atoms with Gasteiger partial charge in [-0.3, -0.25) is 9.69 Å². The molecule has 1 aliphatic rings. The predicted octanol–water partition coefficient (Wildman–Crippen LogP) is 2.54. The normalized spacial score (nSPS) is 19.7. The van der Waals surface area contributed by atoms with E-state index < -0.39 is 11.6 Å². The van der Waals surface area contributed by atoms with Gasteiger partial charge >= 0.3 is 6.03 Å². The lowest BCUT2D eigenvalue weighted by Crippen LogP contribution is -2.41. The zero-order chi connectivity index (χ0) is 17.9. The Bertz CT molecular complexity index is 761. The van der Waals surface area contributed by atoms with Crippen molar-refractivity contribution in [2.75, 3.05) is 20.3 Å². The molecule has 1 aliphatic heterocycles. The van der Waals surface area contributed by atoms with Gasteiger partial charge in [0.05, 0.1) is 13.7 Å². The lowest BCUT2D eigenvalue weighted by atomic mass is 9.92. The summed E-state index contributed by atoms with van der Waals surface area (Å²) in [6, 6.07) is 15.9. The van der Waals surface area contributed by atoms with E-state index in [2.05, 4.69) is 5.32 Å². The Labute approximate surface area is 146 Å². The van der Waals surface area contributed by atoms with Gasteiger partial charge in [0.25, 0.3) is 5.91 Å². The molecule has 0 spiro atoms. The van der Waals surface area contributed by atoms with E-state index in [1.807, 2.05) is 30.3 Å². The molecule has 1 fully saturated rings. The van der Waals surface area contributed by atoms with Crippen molar-refractivity contribution in [3.8, 4) is 11.5 Å². The van der Waals surface area contributed by atoms with Gasteiger partial charge in [0, 0.05) is 0 Å². The first kappa shape index (κ1) is 16.8. The molecule has 1 N–H and O–H groups in total. The van der Waals surface area contributed by atoms with Gasteiger partial charge in [0.1, 0.15) is 23.6 Å². The summed E-state index contributed by atoms with van der Waals surface area (Å²) in [5.74, 6) is 1.11. The number of hydrogen-bond donors (Lipinski definition) is 1. The number of urea groups is 1. The fraction of sp³-hybridized carbons (Fsp3) is 0.263. The lowest BCUT2D eigenvalue weighted by Gasteiger charge is -2.22. The highest BCUT2D eigenvalue weighted by atomic mass is 16.5. The summed E-state index contributed by atoms with van der Waals surface area (Å²) in [5.41, 5.74) is -0.287. The maximum atomic E-state index is 12.7. The van der Waals surface area contributed by atoms with Crippen molar-refractivity contribution in [1.82, 2.24) is 10.2 Å². The van der Waals surface area contributed by atoms with E-state index in [4.69, 9.17) is 9.47 Å². The summed E-state index contributed by atoms with van der Waals surface area (Å²) in [4.78, 5) is 26.1. The van der Waals surface area contributed by atoms with Crippen molar-refractivity contribution in [1.29, 1.82) is 0 Å². The number of nitrogens with zero attached hydrogens (tertiary/aromatic N) is 1. The number of nitrogens with one attached hydrogen (secondary N) is 1. The summed E-state index contributed by atoms with van der Waals surface area (Å²) < 4.78 is 10.7. The second-order valence-electron chi connectivity index (χ2n) is 5.90. The third-order valence-corrected chi connectivity index (χ3v) is 4.27. The summed E-state index contributed by atoms with van der Waals surface area (Å²) in [7, 11) is 1.59. The molecule has 0 unspecified atom stereocenters. The second-order valence-corrected chi connectivity index (χ2v) is 5.90. The molecule has 1 saturated heterocycles. The van der Waals surface area contributed by atoms with Gasteiger partial charge in [-0.1, -0.05) is 30.3 Å². The number of carbonyl (C=O) groups is 2. The van der Waals surface area contributed by atoms with Crippen LogP contribution in [-0.4, -0.2) is 37.1 Å². The van der Waals surface area contributed by atoms with Crippen LogP contribution in [-0.2, 0) is 10.3 Å². The molecule has 6 heteroatoms. The largest absolute Gasteiger partial charge is 0.497 e. The van der Waals surface area contributed by atoms with Crippen molar-refractivity contribution < 1.29 is 19.1 Å². The van der Waals surface area contributed by atoms with Gasteiger partial charge in [-0.05, 0) is 36.8 Å². The fourth-order valence-corrected chi connectivity index (χ4v) is 2.79. The maximum absolute atomic E-state index is 12.7. The Morgan fingerprint density at radius 2 is 1.64 bits per heavy atom. The highest BCUT2D eigenvalue weighted by molar-refractivity contribution is 6.07. The number of amides is 3. The van der Waals surface area contributed by atoms with Gasteiger partial charge in [-0.25, -0.2) is 4.79 Å². The van der Waals surface area contributed by atoms with Crippen LogP contribution in [0, 0.1) is 0 Å². The van der Waals surface area contributed by atoms with E-state index in [0.29, 0.717) is 5.75 Å². The molecule has 1 heterocycles. The molecule has 2 aromatic rings. The van der Waals surface area contributed by atoms with E-state index in [1.165, 1.54) is 4.90 Å². The van der Waals surface area contributed by atoms with E-state index >= 15 is 0 Å². The molecule has 6 nitrogen and oxygen atoms in total. The summed E-state index contributed by atoms with van der Waals surface area (Å²) in [6.45, 7) is 2.11. The Balaban J connectivity index is 1.63. The number of benzene rings is 2. The van der Waals surface area contributed by atoms with Crippen molar-refractivity contribution in [3.05, 3.63) is 60.2 Å². The highest BCUT2D eigenvalue weighted by Gasteiger charge is 2.48. The van der Waals surface area contributed by atoms with Crippen molar-refractivity contribution in [3.63, 3.8) is 0 Å². The number of methoxy groups -OCH3 is 1. The molecule has 25 heavy (non-hydrogen) atoms. The fourth-order valence-electron chi connectivity index (χ4n) is 2.79. The van der Waals surface area contributed by atoms with Crippen molar-refractivity contribution in [2.24, 2.45) is 0 Å². The quantitative estimate of drug-likeness (QED) is 0.821. The van der Waals surface area contributed by atoms with E-state index in [0.717, 1.165) is 11.3 Å². The van der Waals surface area contributed by atoms with Crippen molar-refractivity contribution in [2.45, 2.75) is 12.5 Å². The van der Waals surface area contributed by atoms with Crippen LogP contribution in [0.5, 0.6) is 11.5 Å². The first-order chi connectivity index (χ1) is 12.0. The molecule has 1 atom stereocenters. The zero-order valence-corrected chi connectivity index (χ0v) is 14.2. The van der Waals surface area contributed by atoms with Crippen LogP contribution in [0.4, 0.5) is 4.79 Å². The summed E-state index contributed by atoms with van der Waals surface area (Å²) in [6.07, 6.45) is 0. The van der Waals surface area contributed by atoms with Gasteiger partial charge < -0.3 is 14.8 Å². The van der Waals surface area contributed by atoms with Crippen LogP contribution in [0.25, 0.3) is 0 Å². The number of rotatable bonds is 6. The standard InChI is InChI=1S/C19H20N2O4/c1-19(14-6-4-3-5-7-14)17(22)21(18(23)20-19)12-13-25-16-10-8-15(24-2)9-11-16/h3-11H,12-13H2,1-2H3,(H,20,23)/t19-/m0/s1. The van der Waals surface area contributed by atoms with Crippen LogP contribution in [0.2, 0.25) is 0 Å². The molecule has 0 bridgehead atoms. The van der Waals surface area contributed by atoms with Gasteiger partial charge in [-0.2, -0.15) is 0 Å². The molecule has 130 valence electrons. The number of ether oxygens (including phenoxy) is 2. The smallest absolute Gasteiger partial charge is 0.325 e. The first-order valence-electron chi connectivity index (χ1n) is 8.01. The molecule has 3 rings (SSSR count). The van der Waals surface area contributed by atoms with E-state index in [1.54, 1.807) is 38.3 Å². The molecule has 0 aliphatic carbocycles. The molecule has 2 aromatic carbocycles. The van der Waals surface area contributed by atoms with Gasteiger partial charge in [-0.15, -0.1) is 0 Å². The SMILES string of the molecule is COc1ccc(OCCN2C(=O)N[C@@](C)(c3ccccc3)C2=O)cc1. The second kappa shape index (κ2) is 6.84. The number of carbonyl (C=O) groups excluding carboxylic acids is 2. The minimum atomic E-state index is -1.04. The van der Waals surface area contributed by atoms with Crippen LogP contribution < -0.4 is 14.8 Å². The highest BCUT2D eigenvalue weighted by Crippen LogP contribution is 2.28. The minimum absolute atomic E-state index is 0.180. The van der Waals surface area contributed by atoms with E-state index in [9.17, 15) is 9.59 Å². The average molecular weight is 340 g/mol. The number of imide groups is 1. The predicted molar refractivity (Wildman–Crippen MR) is 92.5 cm³/mol. The first-order valence-corrected chi connectivity index (χ1v) is 8.01. The average Bonchev–Trinajstić information content (AvgIpc) is 2.87.